The van der Waals surface area contributed by atoms with Gasteiger partial charge < -0.3 is 35.0 Å². The fraction of sp³-hybridized carbons (Fsp3) is 0.450. The van der Waals surface area contributed by atoms with Crippen LogP contribution in [0, 0.1) is 5.92 Å². The molecule has 0 spiro atoms. The second-order valence-corrected chi connectivity index (χ2v) is 7.54. The summed E-state index contributed by atoms with van der Waals surface area (Å²) in [4.78, 5) is 34.4. The molecule has 2 aromatic heterocycles. The Balaban J connectivity index is 0.000000220. The Hall–Kier alpha value is -2.95. The van der Waals surface area contributed by atoms with Crippen molar-refractivity contribution in [2.75, 3.05) is 19.6 Å². The van der Waals surface area contributed by atoms with Crippen LogP contribution in [0.25, 0.3) is 5.52 Å². The summed E-state index contributed by atoms with van der Waals surface area (Å²) in [6, 6.07) is 8.25. The molecule has 0 aliphatic carbocycles. The van der Waals surface area contributed by atoms with E-state index >= 15 is 0 Å². The lowest BCUT2D eigenvalue weighted by atomic mass is 9.84. The van der Waals surface area contributed by atoms with Crippen molar-refractivity contribution in [2.45, 2.75) is 31.1 Å². The second kappa shape index (κ2) is 9.24. The van der Waals surface area contributed by atoms with Crippen LogP contribution in [0.1, 0.15) is 23.2 Å². The van der Waals surface area contributed by atoms with Crippen LogP contribution >= 0.6 is 0 Å². The number of aliphatic hydroxyl groups excluding tert-OH is 2. The van der Waals surface area contributed by atoms with Crippen molar-refractivity contribution in [1.29, 1.82) is 0 Å². The highest BCUT2D eigenvalue weighted by atomic mass is 16.4. The monoisotopic (exact) mass is 419 g/mol. The van der Waals surface area contributed by atoms with Crippen molar-refractivity contribution < 1.29 is 34.8 Å². The molecule has 3 atom stereocenters. The van der Waals surface area contributed by atoms with Gasteiger partial charge in [0.05, 0.1) is 5.56 Å². The molecule has 2 bridgehead atoms. The lowest BCUT2D eigenvalue weighted by molar-refractivity contribution is -0.165. The first-order valence-corrected chi connectivity index (χ1v) is 9.68. The van der Waals surface area contributed by atoms with Gasteiger partial charge in [0, 0.05) is 30.5 Å². The van der Waals surface area contributed by atoms with Crippen LogP contribution < -0.4 is 5.32 Å². The predicted octanol–water partition coefficient (Wildman–Crippen LogP) is -0.359. The first-order chi connectivity index (χ1) is 14.3. The number of aliphatic hydroxyl groups is 2. The van der Waals surface area contributed by atoms with Gasteiger partial charge in [-0.05, 0) is 56.1 Å². The molecule has 1 amide bonds. The fourth-order valence-electron chi connectivity index (χ4n) is 3.82. The highest BCUT2D eigenvalue weighted by Crippen LogP contribution is 2.27. The number of hydrogen-bond acceptors (Lipinski definition) is 6. The molecule has 10 nitrogen and oxygen atoms in total. The Morgan fingerprint density at radius 1 is 1.00 bits per heavy atom. The predicted molar refractivity (Wildman–Crippen MR) is 105 cm³/mol. The van der Waals surface area contributed by atoms with Crippen molar-refractivity contribution >= 4 is 23.4 Å². The quantitative estimate of drug-likeness (QED) is 0.441. The highest BCUT2D eigenvalue weighted by molar-refractivity contribution is 5.94. The molecular formula is C20H25N3O7. The van der Waals surface area contributed by atoms with Crippen LogP contribution in [-0.2, 0) is 9.59 Å². The highest BCUT2D eigenvalue weighted by Gasteiger charge is 2.35. The summed E-state index contributed by atoms with van der Waals surface area (Å²) < 4.78 is 1.99. The summed E-state index contributed by atoms with van der Waals surface area (Å²) in [6.45, 7) is 3.42. The maximum Gasteiger partial charge on any atom is 0.335 e. The first kappa shape index (κ1) is 21.8. The van der Waals surface area contributed by atoms with E-state index < -0.39 is 24.1 Å². The Kier molecular flexibility index (Phi) is 6.70. The van der Waals surface area contributed by atoms with Crippen LogP contribution in [0.3, 0.4) is 0 Å². The van der Waals surface area contributed by atoms with Gasteiger partial charge in [0.15, 0.2) is 12.2 Å². The van der Waals surface area contributed by atoms with Crippen LogP contribution in [0.2, 0.25) is 0 Å². The number of nitrogens with one attached hydrogen (secondary N) is 1. The number of aliphatic carboxylic acids is 2. The zero-order chi connectivity index (χ0) is 21.8. The number of pyridine rings is 1. The minimum Gasteiger partial charge on any atom is -0.479 e. The molecule has 5 rings (SSSR count). The minimum atomic E-state index is -2.27. The topological polar surface area (TPSA) is 152 Å². The van der Waals surface area contributed by atoms with E-state index in [4.69, 9.17) is 20.4 Å². The maximum atomic E-state index is 12.4. The summed E-state index contributed by atoms with van der Waals surface area (Å²) in [5, 5.41) is 35.8. The number of fused-ring (bicyclic) bond motifs is 4. The summed E-state index contributed by atoms with van der Waals surface area (Å²) in [5.41, 5.74) is 1.86. The Labute approximate surface area is 172 Å². The number of carbonyl (C=O) groups is 3. The molecule has 5 heterocycles. The molecule has 3 aliphatic heterocycles. The lowest BCUT2D eigenvalue weighted by Crippen LogP contribution is -2.57. The third-order valence-electron chi connectivity index (χ3n) is 5.56. The molecule has 162 valence electrons. The average molecular weight is 419 g/mol. The minimum absolute atomic E-state index is 0.0550. The number of amides is 1. The van der Waals surface area contributed by atoms with Crippen molar-refractivity contribution in [2.24, 2.45) is 5.92 Å². The Bertz CT molecular complexity index is 902. The molecular weight excluding hydrogens is 394 g/mol. The molecule has 3 aliphatic rings. The Morgan fingerprint density at radius 3 is 2.17 bits per heavy atom. The molecule has 0 aromatic carbocycles. The van der Waals surface area contributed by atoms with Gasteiger partial charge in [-0.1, -0.05) is 0 Å². The number of hydrogen-bond donors (Lipinski definition) is 5. The van der Waals surface area contributed by atoms with E-state index in [9.17, 15) is 14.4 Å². The largest absolute Gasteiger partial charge is 0.479 e. The van der Waals surface area contributed by atoms with Crippen molar-refractivity contribution in [3.05, 3.63) is 42.2 Å². The standard InChI is InChI=1S/C16H19N3O.C4H6O6/c20-16(13-3-4-14-2-1-7-19(14)10-13)17-15-11-18-8-5-12(15)6-9-18;5-1(3(7)8)2(6)4(9)10/h1-4,7,10,12,15H,5-6,8-9,11H2,(H,17,20);1-2,5-6H,(H,7,8)(H,9,10)/t15-;/m0./s1. The number of aromatic nitrogens is 1. The summed E-state index contributed by atoms with van der Waals surface area (Å²) >= 11 is 0. The first-order valence-electron chi connectivity index (χ1n) is 9.68. The van der Waals surface area contributed by atoms with E-state index in [0.717, 1.165) is 17.6 Å². The zero-order valence-corrected chi connectivity index (χ0v) is 16.2. The SMILES string of the molecule is O=C(N[C@H]1CN2CCC1CC2)c1ccc2cccn2c1.O=C(O)C(O)C(O)C(=O)O. The normalized spacial score (nSPS) is 24.4. The van der Waals surface area contributed by atoms with Gasteiger partial charge >= 0.3 is 11.9 Å². The zero-order valence-electron chi connectivity index (χ0n) is 16.2. The van der Waals surface area contributed by atoms with E-state index in [1.54, 1.807) is 0 Å². The van der Waals surface area contributed by atoms with Crippen LogP contribution in [0.4, 0.5) is 0 Å². The van der Waals surface area contributed by atoms with Gasteiger partial charge in [-0.25, -0.2) is 9.59 Å². The molecule has 10 heteroatoms. The molecule has 2 unspecified atom stereocenters. The number of carbonyl (C=O) groups excluding carboxylic acids is 1. The van der Waals surface area contributed by atoms with Crippen molar-refractivity contribution in [3.8, 4) is 0 Å². The number of nitrogens with zero attached hydrogens (tertiary/aromatic N) is 2. The van der Waals surface area contributed by atoms with Gasteiger partial charge in [-0.15, -0.1) is 0 Å². The van der Waals surface area contributed by atoms with E-state index in [1.807, 2.05) is 41.1 Å². The summed E-state index contributed by atoms with van der Waals surface area (Å²) in [7, 11) is 0. The van der Waals surface area contributed by atoms with Gasteiger partial charge in [0.2, 0.25) is 0 Å². The third kappa shape index (κ3) is 4.96. The van der Waals surface area contributed by atoms with Crippen LogP contribution in [0.15, 0.2) is 36.7 Å². The number of piperidine rings is 3. The molecule has 3 saturated heterocycles. The number of carboxylic acids is 2. The summed E-state index contributed by atoms with van der Waals surface area (Å²) in [5.74, 6) is -2.82. The molecule has 3 fully saturated rings. The van der Waals surface area contributed by atoms with Gasteiger partial charge in [0.25, 0.3) is 5.91 Å². The maximum absolute atomic E-state index is 12.4. The van der Waals surface area contributed by atoms with Gasteiger partial charge in [-0.3, -0.25) is 4.79 Å². The molecule has 2 aromatic rings. The average Bonchev–Trinajstić information content (AvgIpc) is 3.21. The van der Waals surface area contributed by atoms with E-state index in [0.29, 0.717) is 12.0 Å². The molecule has 5 N–H and O–H groups in total. The summed E-state index contributed by atoms with van der Waals surface area (Å²) in [6.07, 6.45) is 1.80. The fourth-order valence-corrected chi connectivity index (χ4v) is 3.82. The number of carboxylic acid groups (broad SMARTS) is 2. The molecule has 30 heavy (non-hydrogen) atoms. The van der Waals surface area contributed by atoms with Crippen LogP contribution in [-0.4, -0.2) is 85.5 Å². The Morgan fingerprint density at radius 2 is 1.63 bits per heavy atom. The van der Waals surface area contributed by atoms with Crippen LogP contribution in [0.5, 0.6) is 0 Å². The number of rotatable bonds is 5. The third-order valence-corrected chi connectivity index (χ3v) is 5.56. The molecule has 0 saturated carbocycles. The smallest absolute Gasteiger partial charge is 0.335 e. The lowest BCUT2D eigenvalue weighted by Gasteiger charge is -2.44. The van der Waals surface area contributed by atoms with Crippen molar-refractivity contribution in [1.82, 2.24) is 14.6 Å². The molecule has 0 radical (unpaired) electrons. The van der Waals surface area contributed by atoms with E-state index in [1.165, 1.54) is 25.9 Å². The van der Waals surface area contributed by atoms with Crippen molar-refractivity contribution in [3.63, 3.8) is 0 Å². The second-order valence-electron chi connectivity index (χ2n) is 7.54. The van der Waals surface area contributed by atoms with Gasteiger partial charge in [0.1, 0.15) is 0 Å². The van der Waals surface area contributed by atoms with E-state index in [-0.39, 0.29) is 5.91 Å². The van der Waals surface area contributed by atoms with E-state index in [2.05, 4.69) is 10.2 Å². The van der Waals surface area contributed by atoms with Gasteiger partial charge in [-0.2, -0.15) is 0 Å².